The second kappa shape index (κ2) is 4.16. The SMILES string of the molecule is O=C(O)c1cc(-c2ccsc2)ccc1Br. The van der Waals surface area contributed by atoms with E-state index in [2.05, 4.69) is 15.9 Å². The van der Waals surface area contributed by atoms with E-state index in [0.29, 0.717) is 10.0 Å². The van der Waals surface area contributed by atoms with Crippen molar-refractivity contribution in [1.82, 2.24) is 0 Å². The Labute approximate surface area is 99.3 Å². The Morgan fingerprint density at radius 1 is 1.27 bits per heavy atom. The Morgan fingerprint density at radius 2 is 2.07 bits per heavy atom. The normalized spacial score (nSPS) is 10.2. The quantitative estimate of drug-likeness (QED) is 0.908. The molecule has 0 radical (unpaired) electrons. The number of carbonyl (C=O) groups is 1. The lowest BCUT2D eigenvalue weighted by Crippen LogP contribution is -1.97. The van der Waals surface area contributed by atoms with Crippen LogP contribution in [-0.4, -0.2) is 11.1 Å². The maximum absolute atomic E-state index is 10.9. The molecule has 2 aromatic rings. The number of rotatable bonds is 2. The lowest BCUT2D eigenvalue weighted by molar-refractivity contribution is 0.0696. The second-order valence-corrected chi connectivity index (χ2v) is 4.65. The Hall–Kier alpha value is -1.13. The van der Waals surface area contributed by atoms with Crippen LogP contribution in [0.5, 0.6) is 0 Å². The van der Waals surface area contributed by atoms with Crippen LogP contribution in [0, 0.1) is 0 Å². The van der Waals surface area contributed by atoms with E-state index in [1.807, 2.05) is 22.9 Å². The molecule has 0 spiro atoms. The van der Waals surface area contributed by atoms with E-state index in [4.69, 9.17) is 5.11 Å². The first kappa shape index (κ1) is 10.4. The highest BCUT2D eigenvalue weighted by atomic mass is 79.9. The van der Waals surface area contributed by atoms with Crippen molar-refractivity contribution in [2.75, 3.05) is 0 Å². The second-order valence-electron chi connectivity index (χ2n) is 3.01. The molecule has 1 aromatic heterocycles. The fourth-order valence-electron chi connectivity index (χ4n) is 1.30. The summed E-state index contributed by atoms with van der Waals surface area (Å²) in [6, 6.07) is 7.31. The summed E-state index contributed by atoms with van der Waals surface area (Å²) in [5, 5.41) is 12.9. The van der Waals surface area contributed by atoms with Crippen molar-refractivity contribution in [3.63, 3.8) is 0 Å². The first-order valence-electron chi connectivity index (χ1n) is 4.24. The molecule has 0 amide bonds. The number of thiophene rings is 1. The fraction of sp³-hybridized carbons (Fsp3) is 0. The predicted molar refractivity (Wildman–Crippen MR) is 64.4 cm³/mol. The Kier molecular flexibility index (Phi) is 2.88. The maximum atomic E-state index is 10.9. The molecule has 2 nitrogen and oxygen atoms in total. The molecule has 15 heavy (non-hydrogen) atoms. The minimum absolute atomic E-state index is 0.290. The van der Waals surface area contributed by atoms with Gasteiger partial charge in [0.15, 0.2) is 0 Å². The zero-order valence-corrected chi connectivity index (χ0v) is 10.0. The van der Waals surface area contributed by atoms with Crippen LogP contribution < -0.4 is 0 Å². The van der Waals surface area contributed by atoms with Gasteiger partial charge in [-0.1, -0.05) is 6.07 Å². The monoisotopic (exact) mass is 282 g/mol. The van der Waals surface area contributed by atoms with E-state index >= 15 is 0 Å². The Morgan fingerprint density at radius 3 is 2.67 bits per heavy atom. The van der Waals surface area contributed by atoms with E-state index in [1.165, 1.54) is 0 Å². The van der Waals surface area contributed by atoms with Crippen molar-refractivity contribution >= 4 is 33.2 Å². The van der Waals surface area contributed by atoms with Crippen LogP contribution in [-0.2, 0) is 0 Å². The molecule has 0 aliphatic rings. The third-order valence-electron chi connectivity index (χ3n) is 2.05. The van der Waals surface area contributed by atoms with Crippen molar-refractivity contribution in [3.8, 4) is 11.1 Å². The zero-order valence-electron chi connectivity index (χ0n) is 7.61. The van der Waals surface area contributed by atoms with E-state index < -0.39 is 5.97 Å². The summed E-state index contributed by atoms with van der Waals surface area (Å²) < 4.78 is 0.606. The van der Waals surface area contributed by atoms with Crippen molar-refractivity contribution in [2.24, 2.45) is 0 Å². The molecular formula is C11H7BrO2S. The van der Waals surface area contributed by atoms with Gasteiger partial charge in [-0.25, -0.2) is 4.79 Å². The van der Waals surface area contributed by atoms with Crippen LogP contribution in [0.1, 0.15) is 10.4 Å². The molecule has 2 rings (SSSR count). The van der Waals surface area contributed by atoms with E-state index in [0.717, 1.165) is 11.1 Å². The summed E-state index contributed by atoms with van der Waals surface area (Å²) in [6.07, 6.45) is 0. The number of aromatic carboxylic acids is 1. The van der Waals surface area contributed by atoms with Gasteiger partial charge in [0.2, 0.25) is 0 Å². The van der Waals surface area contributed by atoms with Gasteiger partial charge < -0.3 is 5.11 Å². The molecular weight excluding hydrogens is 276 g/mol. The third-order valence-corrected chi connectivity index (χ3v) is 3.43. The van der Waals surface area contributed by atoms with Crippen molar-refractivity contribution in [2.45, 2.75) is 0 Å². The minimum atomic E-state index is -0.918. The molecule has 4 heteroatoms. The van der Waals surface area contributed by atoms with E-state index in [9.17, 15) is 4.79 Å². The van der Waals surface area contributed by atoms with Crippen LogP contribution in [0.4, 0.5) is 0 Å². The summed E-state index contributed by atoms with van der Waals surface area (Å²) in [6.45, 7) is 0. The molecule has 0 bridgehead atoms. The lowest BCUT2D eigenvalue weighted by atomic mass is 10.1. The molecule has 0 aliphatic heterocycles. The van der Waals surface area contributed by atoms with Crippen LogP contribution >= 0.6 is 27.3 Å². The highest BCUT2D eigenvalue weighted by Gasteiger charge is 2.09. The fourth-order valence-corrected chi connectivity index (χ4v) is 2.38. The Balaban J connectivity index is 2.52. The first-order chi connectivity index (χ1) is 7.18. The molecule has 0 aliphatic carbocycles. The summed E-state index contributed by atoms with van der Waals surface area (Å²) in [7, 11) is 0. The molecule has 0 atom stereocenters. The molecule has 0 unspecified atom stereocenters. The number of carboxylic acids is 1. The predicted octanol–water partition coefficient (Wildman–Crippen LogP) is 3.88. The number of hydrogen-bond acceptors (Lipinski definition) is 2. The number of benzene rings is 1. The van der Waals surface area contributed by atoms with Crippen LogP contribution in [0.25, 0.3) is 11.1 Å². The maximum Gasteiger partial charge on any atom is 0.336 e. The van der Waals surface area contributed by atoms with Gasteiger partial charge in [-0.05, 0) is 56.0 Å². The van der Waals surface area contributed by atoms with Gasteiger partial charge in [0.1, 0.15) is 0 Å². The summed E-state index contributed by atoms with van der Waals surface area (Å²) in [4.78, 5) is 10.9. The van der Waals surface area contributed by atoms with E-state index in [1.54, 1.807) is 23.5 Å². The van der Waals surface area contributed by atoms with Crippen molar-refractivity contribution in [3.05, 3.63) is 45.1 Å². The highest BCUT2D eigenvalue weighted by Crippen LogP contribution is 2.26. The Bertz CT molecular complexity index is 491. The average Bonchev–Trinajstić information content (AvgIpc) is 2.71. The summed E-state index contributed by atoms with van der Waals surface area (Å²) in [5.74, 6) is -0.918. The van der Waals surface area contributed by atoms with Crippen LogP contribution in [0.3, 0.4) is 0 Å². The average molecular weight is 283 g/mol. The standard InChI is InChI=1S/C11H7BrO2S/c12-10-2-1-7(5-9(10)11(13)14)8-3-4-15-6-8/h1-6H,(H,13,14). The van der Waals surface area contributed by atoms with Crippen molar-refractivity contribution < 1.29 is 9.90 Å². The van der Waals surface area contributed by atoms with Crippen LogP contribution in [0.2, 0.25) is 0 Å². The van der Waals surface area contributed by atoms with Gasteiger partial charge in [0.25, 0.3) is 0 Å². The molecule has 0 fully saturated rings. The number of halogens is 1. The number of carboxylic acid groups (broad SMARTS) is 1. The highest BCUT2D eigenvalue weighted by molar-refractivity contribution is 9.10. The van der Waals surface area contributed by atoms with Crippen LogP contribution in [0.15, 0.2) is 39.5 Å². The molecule has 0 saturated heterocycles. The molecule has 1 heterocycles. The number of hydrogen-bond donors (Lipinski definition) is 1. The largest absolute Gasteiger partial charge is 0.478 e. The smallest absolute Gasteiger partial charge is 0.336 e. The minimum Gasteiger partial charge on any atom is -0.478 e. The first-order valence-corrected chi connectivity index (χ1v) is 5.97. The molecule has 0 saturated carbocycles. The summed E-state index contributed by atoms with van der Waals surface area (Å²) >= 11 is 4.81. The zero-order chi connectivity index (χ0) is 10.8. The summed E-state index contributed by atoms with van der Waals surface area (Å²) in [5.41, 5.74) is 2.27. The van der Waals surface area contributed by atoms with Gasteiger partial charge in [-0.2, -0.15) is 11.3 Å². The van der Waals surface area contributed by atoms with Gasteiger partial charge in [0, 0.05) is 4.47 Å². The molecule has 76 valence electrons. The van der Waals surface area contributed by atoms with Gasteiger partial charge in [0.05, 0.1) is 5.56 Å². The molecule has 1 N–H and O–H groups in total. The molecule has 1 aromatic carbocycles. The van der Waals surface area contributed by atoms with Crippen molar-refractivity contribution in [1.29, 1.82) is 0 Å². The van der Waals surface area contributed by atoms with Gasteiger partial charge >= 0.3 is 5.97 Å². The topological polar surface area (TPSA) is 37.3 Å². The third kappa shape index (κ3) is 2.11. The van der Waals surface area contributed by atoms with Gasteiger partial charge in [-0.15, -0.1) is 0 Å². The van der Waals surface area contributed by atoms with E-state index in [-0.39, 0.29) is 0 Å². The van der Waals surface area contributed by atoms with Gasteiger partial charge in [-0.3, -0.25) is 0 Å². The lowest BCUT2D eigenvalue weighted by Gasteiger charge is -2.02.